The van der Waals surface area contributed by atoms with Gasteiger partial charge in [0.15, 0.2) is 0 Å². The molecule has 0 heterocycles. The van der Waals surface area contributed by atoms with Gasteiger partial charge in [0.1, 0.15) is 0 Å². The number of rotatable bonds is 5. The minimum Gasteiger partial charge on any atom is -0.480 e. The Morgan fingerprint density at radius 2 is 2.33 bits per heavy atom. The molecule has 0 aromatic heterocycles. The van der Waals surface area contributed by atoms with E-state index in [9.17, 15) is 4.79 Å². The van der Waals surface area contributed by atoms with Crippen LogP contribution in [0.1, 0.15) is 6.42 Å². The lowest BCUT2D eigenvalue weighted by Crippen LogP contribution is -2.23. The molecule has 0 unspecified atom stereocenters. The van der Waals surface area contributed by atoms with E-state index in [0.29, 0.717) is 0 Å². The Morgan fingerprint density at radius 1 is 1.67 bits per heavy atom. The van der Waals surface area contributed by atoms with Crippen LogP contribution in [0.15, 0.2) is 0 Å². The summed E-state index contributed by atoms with van der Waals surface area (Å²) >= 11 is 3.96. The minimum absolute atomic E-state index is 0.0494. The SMILES string of the molecule is O=C(O)CNCCCS. The first-order valence-corrected chi connectivity index (χ1v) is 3.44. The van der Waals surface area contributed by atoms with E-state index in [2.05, 4.69) is 17.9 Å². The van der Waals surface area contributed by atoms with E-state index in [-0.39, 0.29) is 6.54 Å². The van der Waals surface area contributed by atoms with Crippen molar-refractivity contribution in [2.45, 2.75) is 6.42 Å². The Bertz CT molecular complexity index is 87.0. The first kappa shape index (κ1) is 8.78. The molecule has 0 aliphatic carbocycles. The predicted molar refractivity (Wildman–Crippen MR) is 39.0 cm³/mol. The summed E-state index contributed by atoms with van der Waals surface area (Å²) in [7, 11) is 0. The molecule has 54 valence electrons. The number of carboxylic acid groups (broad SMARTS) is 1. The second-order valence-electron chi connectivity index (χ2n) is 1.65. The van der Waals surface area contributed by atoms with E-state index >= 15 is 0 Å². The molecule has 0 spiro atoms. The van der Waals surface area contributed by atoms with E-state index in [1.807, 2.05) is 0 Å². The molecule has 0 bridgehead atoms. The summed E-state index contributed by atoms with van der Waals surface area (Å²) in [6.07, 6.45) is 0.913. The Balaban J connectivity index is 2.83. The highest BCUT2D eigenvalue weighted by molar-refractivity contribution is 7.80. The van der Waals surface area contributed by atoms with Gasteiger partial charge in [-0.05, 0) is 18.7 Å². The number of carbonyl (C=O) groups is 1. The second kappa shape index (κ2) is 5.91. The van der Waals surface area contributed by atoms with Crippen LogP contribution in [0.25, 0.3) is 0 Å². The van der Waals surface area contributed by atoms with Crippen molar-refractivity contribution >= 4 is 18.6 Å². The number of aliphatic carboxylic acids is 1. The molecule has 0 atom stereocenters. The standard InChI is InChI=1S/C5H11NO2S/c7-5(8)4-6-2-1-3-9/h6,9H,1-4H2,(H,7,8). The third kappa shape index (κ3) is 7.78. The van der Waals surface area contributed by atoms with E-state index in [0.717, 1.165) is 18.7 Å². The second-order valence-corrected chi connectivity index (χ2v) is 2.09. The summed E-state index contributed by atoms with van der Waals surface area (Å²) in [4.78, 5) is 9.88. The molecular formula is C5H11NO2S. The molecule has 9 heavy (non-hydrogen) atoms. The van der Waals surface area contributed by atoms with Crippen molar-refractivity contribution in [1.82, 2.24) is 5.32 Å². The maximum Gasteiger partial charge on any atom is 0.317 e. The summed E-state index contributed by atoms with van der Waals surface area (Å²) in [6, 6.07) is 0. The molecule has 0 saturated carbocycles. The van der Waals surface area contributed by atoms with Gasteiger partial charge in [0.05, 0.1) is 6.54 Å². The number of carboxylic acids is 1. The fourth-order valence-electron chi connectivity index (χ4n) is 0.399. The van der Waals surface area contributed by atoms with Crippen molar-refractivity contribution in [2.24, 2.45) is 0 Å². The monoisotopic (exact) mass is 149 g/mol. The fraction of sp³-hybridized carbons (Fsp3) is 0.800. The molecule has 0 aromatic rings. The Kier molecular flexibility index (Phi) is 5.76. The van der Waals surface area contributed by atoms with Crippen LogP contribution in [0.3, 0.4) is 0 Å². The van der Waals surface area contributed by atoms with Gasteiger partial charge in [-0.15, -0.1) is 0 Å². The zero-order valence-corrected chi connectivity index (χ0v) is 6.03. The molecule has 4 heteroatoms. The molecular weight excluding hydrogens is 138 g/mol. The van der Waals surface area contributed by atoms with Crippen LogP contribution >= 0.6 is 12.6 Å². The van der Waals surface area contributed by atoms with Crippen LogP contribution in [0.2, 0.25) is 0 Å². The maximum atomic E-state index is 9.88. The van der Waals surface area contributed by atoms with Crippen LogP contribution in [0, 0.1) is 0 Å². The number of hydrogen-bond donors (Lipinski definition) is 3. The number of hydrogen-bond acceptors (Lipinski definition) is 3. The summed E-state index contributed by atoms with van der Waals surface area (Å²) in [5, 5.41) is 10.9. The van der Waals surface area contributed by atoms with Crippen LogP contribution < -0.4 is 5.32 Å². The Morgan fingerprint density at radius 3 is 2.78 bits per heavy atom. The van der Waals surface area contributed by atoms with Crippen LogP contribution in [0.5, 0.6) is 0 Å². The first-order valence-electron chi connectivity index (χ1n) is 2.80. The van der Waals surface area contributed by atoms with Gasteiger partial charge in [0.25, 0.3) is 0 Å². The Labute approximate surface area is 59.9 Å². The molecule has 0 aliphatic rings. The number of thiol groups is 1. The number of nitrogens with one attached hydrogen (secondary N) is 1. The van der Waals surface area contributed by atoms with Crippen molar-refractivity contribution in [3.8, 4) is 0 Å². The lowest BCUT2D eigenvalue weighted by atomic mass is 10.5. The van der Waals surface area contributed by atoms with Gasteiger partial charge < -0.3 is 10.4 Å². The average Bonchev–Trinajstić information content (AvgIpc) is 1.80. The summed E-state index contributed by atoms with van der Waals surface area (Å²) in [5.74, 6) is -0.0127. The zero-order valence-electron chi connectivity index (χ0n) is 5.13. The van der Waals surface area contributed by atoms with E-state index in [1.165, 1.54) is 0 Å². The summed E-state index contributed by atoms with van der Waals surface area (Å²) < 4.78 is 0. The van der Waals surface area contributed by atoms with E-state index in [1.54, 1.807) is 0 Å². The third-order valence-corrected chi connectivity index (χ3v) is 1.10. The van der Waals surface area contributed by atoms with E-state index < -0.39 is 5.97 Å². The fourth-order valence-corrected chi connectivity index (χ4v) is 0.557. The van der Waals surface area contributed by atoms with Gasteiger partial charge in [0.2, 0.25) is 0 Å². The zero-order chi connectivity index (χ0) is 7.11. The van der Waals surface area contributed by atoms with Crippen molar-refractivity contribution in [1.29, 1.82) is 0 Å². The van der Waals surface area contributed by atoms with Gasteiger partial charge in [-0.3, -0.25) is 4.79 Å². The smallest absolute Gasteiger partial charge is 0.317 e. The topological polar surface area (TPSA) is 49.3 Å². The van der Waals surface area contributed by atoms with E-state index in [4.69, 9.17) is 5.11 Å². The van der Waals surface area contributed by atoms with Gasteiger partial charge >= 0.3 is 5.97 Å². The van der Waals surface area contributed by atoms with Crippen LogP contribution in [-0.4, -0.2) is 29.9 Å². The first-order chi connectivity index (χ1) is 4.27. The molecule has 0 saturated heterocycles. The van der Waals surface area contributed by atoms with Crippen molar-refractivity contribution in [3.05, 3.63) is 0 Å². The molecule has 2 N–H and O–H groups in total. The molecule has 0 aromatic carbocycles. The molecule has 0 fully saturated rings. The van der Waals surface area contributed by atoms with Gasteiger partial charge in [-0.2, -0.15) is 12.6 Å². The highest BCUT2D eigenvalue weighted by Crippen LogP contribution is 1.78. The maximum absolute atomic E-state index is 9.88. The summed E-state index contributed by atoms with van der Waals surface area (Å²) in [5.41, 5.74) is 0. The largest absolute Gasteiger partial charge is 0.480 e. The lowest BCUT2D eigenvalue weighted by molar-refractivity contribution is -0.135. The van der Waals surface area contributed by atoms with Gasteiger partial charge in [0, 0.05) is 0 Å². The predicted octanol–water partition coefficient (Wildman–Crippen LogP) is -0.0195. The van der Waals surface area contributed by atoms with Crippen LogP contribution in [0.4, 0.5) is 0 Å². The van der Waals surface area contributed by atoms with Gasteiger partial charge in [-0.1, -0.05) is 0 Å². The highest BCUT2D eigenvalue weighted by Gasteiger charge is 1.92. The average molecular weight is 149 g/mol. The Hall–Kier alpha value is -0.220. The third-order valence-electron chi connectivity index (χ3n) is 0.788. The molecule has 0 aliphatic heterocycles. The van der Waals surface area contributed by atoms with Crippen LogP contribution in [-0.2, 0) is 4.79 Å². The molecule has 0 radical (unpaired) electrons. The van der Waals surface area contributed by atoms with Crippen molar-refractivity contribution in [3.63, 3.8) is 0 Å². The molecule has 3 nitrogen and oxygen atoms in total. The minimum atomic E-state index is -0.811. The quantitative estimate of drug-likeness (QED) is 0.380. The molecule has 0 amide bonds. The van der Waals surface area contributed by atoms with Crippen molar-refractivity contribution in [2.75, 3.05) is 18.8 Å². The molecule has 0 rings (SSSR count). The van der Waals surface area contributed by atoms with Crippen molar-refractivity contribution < 1.29 is 9.90 Å². The van der Waals surface area contributed by atoms with Gasteiger partial charge in [-0.25, -0.2) is 0 Å². The highest BCUT2D eigenvalue weighted by atomic mass is 32.1. The summed E-state index contributed by atoms with van der Waals surface area (Å²) in [6.45, 7) is 0.781. The lowest BCUT2D eigenvalue weighted by Gasteiger charge is -1.96. The normalized spacial score (nSPS) is 9.44.